The molecular formula is C14H21N5O. The maximum atomic E-state index is 5.02. The standard InChI is InChI=1S/C14H21N5O/c1-10-13(8-15-5-6-20-4)11(2)18-14(17-10)12-7-16-19(3)9-12/h7,9,15H,5-6,8H2,1-4H3. The van der Waals surface area contributed by atoms with Crippen molar-refractivity contribution < 1.29 is 4.74 Å². The van der Waals surface area contributed by atoms with Gasteiger partial charge in [0.2, 0.25) is 0 Å². The third-order valence-corrected chi connectivity index (χ3v) is 3.17. The van der Waals surface area contributed by atoms with Crippen molar-refractivity contribution in [2.24, 2.45) is 7.05 Å². The van der Waals surface area contributed by atoms with Crippen LogP contribution in [0.15, 0.2) is 12.4 Å². The fourth-order valence-electron chi connectivity index (χ4n) is 2.05. The van der Waals surface area contributed by atoms with Crippen LogP contribution < -0.4 is 5.32 Å². The topological polar surface area (TPSA) is 64.9 Å². The van der Waals surface area contributed by atoms with E-state index in [9.17, 15) is 0 Å². The molecule has 0 saturated heterocycles. The summed E-state index contributed by atoms with van der Waals surface area (Å²) in [4.78, 5) is 9.16. The van der Waals surface area contributed by atoms with E-state index in [0.717, 1.165) is 41.4 Å². The molecule has 0 aliphatic heterocycles. The minimum atomic E-state index is 0.701. The molecule has 2 heterocycles. The van der Waals surface area contributed by atoms with Crippen LogP contribution in [0.5, 0.6) is 0 Å². The average molecular weight is 275 g/mol. The number of methoxy groups -OCH3 is 1. The second kappa shape index (κ2) is 6.58. The maximum absolute atomic E-state index is 5.02. The molecular weight excluding hydrogens is 254 g/mol. The molecule has 108 valence electrons. The Labute approximate surface area is 119 Å². The Morgan fingerprint density at radius 3 is 2.50 bits per heavy atom. The highest BCUT2D eigenvalue weighted by molar-refractivity contribution is 5.53. The van der Waals surface area contributed by atoms with Gasteiger partial charge in [-0.25, -0.2) is 9.97 Å². The summed E-state index contributed by atoms with van der Waals surface area (Å²) in [6.45, 7) is 6.31. The third-order valence-electron chi connectivity index (χ3n) is 3.17. The van der Waals surface area contributed by atoms with Crippen molar-refractivity contribution >= 4 is 0 Å². The molecule has 2 aromatic heterocycles. The normalized spacial score (nSPS) is 11.0. The van der Waals surface area contributed by atoms with Gasteiger partial charge in [0, 0.05) is 50.4 Å². The average Bonchev–Trinajstić information content (AvgIpc) is 2.83. The van der Waals surface area contributed by atoms with Crippen LogP contribution in [0.3, 0.4) is 0 Å². The predicted molar refractivity (Wildman–Crippen MR) is 77.3 cm³/mol. The van der Waals surface area contributed by atoms with Gasteiger partial charge in [0.15, 0.2) is 5.82 Å². The summed E-state index contributed by atoms with van der Waals surface area (Å²) in [6.07, 6.45) is 3.70. The van der Waals surface area contributed by atoms with Crippen LogP contribution in [0.25, 0.3) is 11.4 Å². The molecule has 6 heteroatoms. The van der Waals surface area contributed by atoms with Gasteiger partial charge < -0.3 is 10.1 Å². The predicted octanol–water partition coefficient (Wildman–Crippen LogP) is 1.23. The summed E-state index contributed by atoms with van der Waals surface area (Å²) in [7, 11) is 3.58. The van der Waals surface area contributed by atoms with E-state index in [1.54, 1.807) is 18.0 Å². The molecule has 2 aromatic rings. The minimum absolute atomic E-state index is 0.701. The minimum Gasteiger partial charge on any atom is -0.383 e. The zero-order valence-corrected chi connectivity index (χ0v) is 12.5. The molecule has 2 rings (SSSR count). The zero-order valence-electron chi connectivity index (χ0n) is 12.5. The first-order valence-electron chi connectivity index (χ1n) is 6.64. The van der Waals surface area contributed by atoms with E-state index in [0.29, 0.717) is 6.61 Å². The van der Waals surface area contributed by atoms with Gasteiger partial charge >= 0.3 is 0 Å². The van der Waals surface area contributed by atoms with Crippen LogP contribution >= 0.6 is 0 Å². The Bertz CT molecular complexity index is 556. The number of aryl methyl sites for hydroxylation is 3. The Hall–Kier alpha value is -1.79. The van der Waals surface area contributed by atoms with Crippen molar-refractivity contribution in [3.05, 3.63) is 29.3 Å². The molecule has 0 amide bonds. The van der Waals surface area contributed by atoms with E-state index in [2.05, 4.69) is 20.4 Å². The van der Waals surface area contributed by atoms with E-state index in [-0.39, 0.29) is 0 Å². The number of nitrogens with zero attached hydrogens (tertiary/aromatic N) is 4. The van der Waals surface area contributed by atoms with Crippen LogP contribution in [0.1, 0.15) is 17.0 Å². The van der Waals surface area contributed by atoms with E-state index in [4.69, 9.17) is 4.74 Å². The van der Waals surface area contributed by atoms with Crippen molar-refractivity contribution in [3.63, 3.8) is 0 Å². The number of rotatable bonds is 6. The molecule has 0 radical (unpaired) electrons. The maximum Gasteiger partial charge on any atom is 0.162 e. The van der Waals surface area contributed by atoms with Gasteiger partial charge in [0.05, 0.1) is 18.4 Å². The van der Waals surface area contributed by atoms with Crippen LogP contribution in [0.4, 0.5) is 0 Å². The Kier molecular flexibility index (Phi) is 4.81. The SMILES string of the molecule is COCCNCc1c(C)nc(-c2cnn(C)c2)nc1C. The summed E-state index contributed by atoms with van der Waals surface area (Å²) in [5.41, 5.74) is 4.09. The molecule has 0 aliphatic rings. The summed E-state index contributed by atoms with van der Waals surface area (Å²) < 4.78 is 6.77. The Morgan fingerprint density at radius 1 is 1.25 bits per heavy atom. The Morgan fingerprint density at radius 2 is 1.95 bits per heavy atom. The molecule has 0 fully saturated rings. The van der Waals surface area contributed by atoms with Crippen LogP contribution in [0.2, 0.25) is 0 Å². The lowest BCUT2D eigenvalue weighted by Gasteiger charge is -2.11. The van der Waals surface area contributed by atoms with E-state index in [1.807, 2.05) is 27.1 Å². The fourth-order valence-corrected chi connectivity index (χ4v) is 2.05. The largest absolute Gasteiger partial charge is 0.383 e. The molecule has 0 spiro atoms. The highest BCUT2D eigenvalue weighted by Crippen LogP contribution is 2.17. The molecule has 0 unspecified atom stereocenters. The molecule has 0 saturated carbocycles. The third kappa shape index (κ3) is 3.40. The lowest BCUT2D eigenvalue weighted by molar-refractivity contribution is 0.199. The van der Waals surface area contributed by atoms with E-state index < -0.39 is 0 Å². The van der Waals surface area contributed by atoms with Gasteiger partial charge in [-0.1, -0.05) is 0 Å². The summed E-state index contributed by atoms with van der Waals surface area (Å²) in [6, 6.07) is 0. The number of hydrogen-bond acceptors (Lipinski definition) is 5. The monoisotopic (exact) mass is 275 g/mol. The smallest absolute Gasteiger partial charge is 0.162 e. The summed E-state index contributed by atoms with van der Waals surface area (Å²) in [5, 5.41) is 7.48. The second-order valence-corrected chi connectivity index (χ2v) is 4.77. The molecule has 0 aromatic carbocycles. The van der Waals surface area contributed by atoms with Crippen LogP contribution in [0, 0.1) is 13.8 Å². The Balaban J connectivity index is 2.16. The highest BCUT2D eigenvalue weighted by Gasteiger charge is 2.10. The van der Waals surface area contributed by atoms with Gasteiger partial charge in [-0.3, -0.25) is 4.68 Å². The van der Waals surface area contributed by atoms with Gasteiger partial charge in [0.1, 0.15) is 0 Å². The summed E-state index contributed by atoms with van der Waals surface area (Å²) >= 11 is 0. The van der Waals surface area contributed by atoms with Crippen LogP contribution in [-0.4, -0.2) is 40.0 Å². The van der Waals surface area contributed by atoms with Gasteiger partial charge in [-0.05, 0) is 13.8 Å². The first-order chi connectivity index (χ1) is 9.61. The first-order valence-corrected chi connectivity index (χ1v) is 6.64. The number of hydrogen-bond donors (Lipinski definition) is 1. The first kappa shape index (κ1) is 14.6. The molecule has 6 nitrogen and oxygen atoms in total. The van der Waals surface area contributed by atoms with Crippen molar-refractivity contribution in [1.82, 2.24) is 25.1 Å². The molecule has 0 aliphatic carbocycles. The molecule has 20 heavy (non-hydrogen) atoms. The van der Waals surface area contributed by atoms with Crippen molar-refractivity contribution in [2.75, 3.05) is 20.3 Å². The second-order valence-electron chi connectivity index (χ2n) is 4.77. The lowest BCUT2D eigenvalue weighted by atomic mass is 10.1. The quantitative estimate of drug-likeness (QED) is 0.803. The van der Waals surface area contributed by atoms with Crippen molar-refractivity contribution in [1.29, 1.82) is 0 Å². The van der Waals surface area contributed by atoms with E-state index in [1.165, 1.54) is 0 Å². The lowest BCUT2D eigenvalue weighted by Crippen LogP contribution is -2.20. The van der Waals surface area contributed by atoms with Gasteiger partial charge in [-0.2, -0.15) is 5.10 Å². The van der Waals surface area contributed by atoms with Gasteiger partial charge in [-0.15, -0.1) is 0 Å². The van der Waals surface area contributed by atoms with E-state index >= 15 is 0 Å². The van der Waals surface area contributed by atoms with Gasteiger partial charge in [0.25, 0.3) is 0 Å². The number of ether oxygens (including phenoxy) is 1. The molecule has 1 N–H and O–H groups in total. The molecule has 0 atom stereocenters. The summed E-state index contributed by atoms with van der Waals surface area (Å²) in [5.74, 6) is 0.730. The van der Waals surface area contributed by atoms with Crippen LogP contribution in [-0.2, 0) is 18.3 Å². The van der Waals surface area contributed by atoms with Crippen molar-refractivity contribution in [3.8, 4) is 11.4 Å². The fraction of sp³-hybridized carbons (Fsp3) is 0.500. The molecule has 0 bridgehead atoms. The number of aromatic nitrogens is 4. The number of nitrogens with one attached hydrogen (secondary N) is 1. The zero-order chi connectivity index (χ0) is 14.5. The van der Waals surface area contributed by atoms with Crippen molar-refractivity contribution in [2.45, 2.75) is 20.4 Å². The highest BCUT2D eigenvalue weighted by atomic mass is 16.5.